The van der Waals surface area contributed by atoms with Gasteiger partial charge in [-0.25, -0.2) is 4.79 Å². The highest BCUT2D eigenvalue weighted by molar-refractivity contribution is 5.97. The number of fused-ring (bicyclic) bond motifs is 1. The zero-order chi connectivity index (χ0) is 24.8. The zero-order valence-electron chi connectivity index (χ0n) is 18.5. The number of aliphatic carboxylic acids is 1. The van der Waals surface area contributed by atoms with E-state index in [-0.39, 0.29) is 17.4 Å². The fourth-order valence-corrected chi connectivity index (χ4v) is 4.24. The molecule has 0 radical (unpaired) electrons. The van der Waals surface area contributed by atoms with Crippen LogP contribution < -0.4 is 20.7 Å². The molecule has 0 atom stereocenters. The standard InChI is InChI=1S/C21H27N3O3.C2HF3O2/c25-18-16-7-1-2-8-17(16)27-12-6-5-9-20(13-22-14-20)19(26)24-21(15-23-18)10-3-4-11-21;3-2(4,5)1(6)7/h1-2,5-8,22H,3-4,9-15H2,(H,23,25)(H,24,26);(H,6,7)/b6-5+;. The van der Waals surface area contributed by atoms with E-state index in [0.29, 0.717) is 44.0 Å². The quantitative estimate of drug-likeness (QED) is 0.421. The molecule has 1 saturated heterocycles. The van der Waals surface area contributed by atoms with Crippen molar-refractivity contribution in [1.82, 2.24) is 16.0 Å². The van der Waals surface area contributed by atoms with Gasteiger partial charge < -0.3 is 25.8 Å². The van der Waals surface area contributed by atoms with Gasteiger partial charge in [0.25, 0.3) is 5.91 Å². The van der Waals surface area contributed by atoms with Crippen molar-refractivity contribution in [3.63, 3.8) is 0 Å². The lowest BCUT2D eigenvalue weighted by atomic mass is 9.76. The van der Waals surface area contributed by atoms with Gasteiger partial charge >= 0.3 is 12.1 Å². The van der Waals surface area contributed by atoms with Crippen molar-refractivity contribution in [3.05, 3.63) is 42.0 Å². The molecule has 2 heterocycles. The van der Waals surface area contributed by atoms with Gasteiger partial charge in [0.2, 0.25) is 5.91 Å². The lowest BCUT2D eigenvalue weighted by molar-refractivity contribution is -0.192. The number of carboxylic acid groups (broad SMARTS) is 1. The topological polar surface area (TPSA) is 117 Å². The van der Waals surface area contributed by atoms with Crippen LogP contribution in [0.2, 0.25) is 0 Å². The maximum absolute atomic E-state index is 13.1. The van der Waals surface area contributed by atoms with Crippen LogP contribution in [0, 0.1) is 5.41 Å². The summed E-state index contributed by atoms with van der Waals surface area (Å²) in [6, 6.07) is 7.29. The largest absolute Gasteiger partial charge is 0.490 e. The summed E-state index contributed by atoms with van der Waals surface area (Å²) >= 11 is 0. The number of carbonyl (C=O) groups excluding carboxylic acids is 2. The number of benzene rings is 1. The van der Waals surface area contributed by atoms with Crippen LogP contribution in [0.1, 0.15) is 42.5 Å². The van der Waals surface area contributed by atoms with Crippen molar-refractivity contribution in [3.8, 4) is 5.75 Å². The highest BCUT2D eigenvalue weighted by Crippen LogP contribution is 2.34. The van der Waals surface area contributed by atoms with Crippen LogP contribution in [-0.2, 0) is 9.59 Å². The summed E-state index contributed by atoms with van der Waals surface area (Å²) in [6.07, 6.45) is 3.50. The number of amides is 2. The molecule has 2 fully saturated rings. The van der Waals surface area contributed by atoms with E-state index in [1.165, 1.54) is 0 Å². The first-order chi connectivity index (χ1) is 16.1. The molecule has 1 aromatic carbocycles. The van der Waals surface area contributed by atoms with Crippen LogP contribution in [0.4, 0.5) is 13.2 Å². The van der Waals surface area contributed by atoms with Gasteiger partial charge in [-0.1, -0.05) is 37.1 Å². The lowest BCUT2D eigenvalue weighted by Gasteiger charge is -2.43. The third-order valence-electron chi connectivity index (χ3n) is 6.32. The number of hydrogen-bond donors (Lipinski definition) is 4. The summed E-state index contributed by atoms with van der Waals surface area (Å²) in [6.45, 7) is 2.20. The van der Waals surface area contributed by atoms with Crippen LogP contribution in [0.25, 0.3) is 0 Å². The van der Waals surface area contributed by atoms with Crippen LogP contribution >= 0.6 is 0 Å². The Kier molecular flexibility index (Phi) is 7.86. The SMILES string of the molecule is O=C(O)C(F)(F)F.O=C1NCC2(CCCC2)NC(=O)C2(C/C=C/COc3ccccc31)CNC2. The second-order valence-electron chi connectivity index (χ2n) is 8.79. The molecule has 0 aromatic heterocycles. The molecule has 2 aliphatic heterocycles. The third kappa shape index (κ3) is 6.07. The van der Waals surface area contributed by atoms with Crippen molar-refractivity contribution in [2.75, 3.05) is 26.2 Å². The number of ether oxygens (including phenoxy) is 1. The predicted octanol–water partition coefficient (Wildman–Crippen LogP) is 2.41. The Labute approximate surface area is 194 Å². The third-order valence-corrected chi connectivity index (χ3v) is 6.32. The molecule has 11 heteroatoms. The van der Waals surface area contributed by atoms with E-state index in [1.807, 2.05) is 30.4 Å². The Hall–Kier alpha value is -3.08. The highest BCUT2D eigenvalue weighted by Gasteiger charge is 2.47. The Balaban J connectivity index is 0.000000406. The molecule has 3 aliphatic rings. The number of carboxylic acids is 1. The Morgan fingerprint density at radius 3 is 2.26 bits per heavy atom. The summed E-state index contributed by atoms with van der Waals surface area (Å²) in [4.78, 5) is 34.8. The van der Waals surface area contributed by atoms with Crippen LogP contribution in [0.15, 0.2) is 36.4 Å². The minimum atomic E-state index is -5.08. The summed E-state index contributed by atoms with van der Waals surface area (Å²) in [7, 11) is 0. The Morgan fingerprint density at radius 1 is 1.03 bits per heavy atom. The van der Waals surface area contributed by atoms with Crippen molar-refractivity contribution < 1.29 is 37.4 Å². The fraction of sp³-hybridized carbons (Fsp3) is 0.522. The molecular formula is C23H28F3N3O5. The van der Waals surface area contributed by atoms with E-state index in [4.69, 9.17) is 14.6 Å². The number of nitrogens with one attached hydrogen (secondary N) is 3. The van der Waals surface area contributed by atoms with E-state index in [0.717, 1.165) is 25.7 Å². The first-order valence-electron chi connectivity index (χ1n) is 11.1. The minimum absolute atomic E-state index is 0.0976. The molecule has 4 rings (SSSR count). The van der Waals surface area contributed by atoms with Gasteiger partial charge in [-0.2, -0.15) is 13.2 Å². The van der Waals surface area contributed by atoms with Gasteiger partial charge in [0.15, 0.2) is 0 Å². The van der Waals surface area contributed by atoms with Gasteiger partial charge in [-0.05, 0) is 31.4 Å². The average Bonchev–Trinajstić information content (AvgIpc) is 3.21. The molecule has 8 nitrogen and oxygen atoms in total. The van der Waals surface area contributed by atoms with Crippen molar-refractivity contribution >= 4 is 17.8 Å². The van der Waals surface area contributed by atoms with Gasteiger partial charge in [-0.15, -0.1) is 0 Å². The smallest absolute Gasteiger partial charge is 0.489 e. The molecule has 2 spiro atoms. The van der Waals surface area contributed by atoms with Crippen molar-refractivity contribution in [1.29, 1.82) is 0 Å². The van der Waals surface area contributed by atoms with Crippen LogP contribution in [0.5, 0.6) is 5.75 Å². The number of rotatable bonds is 0. The number of alkyl halides is 3. The number of carbonyl (C=O) groups is 3. The van der Waals surface area contributed by atoms with Crippen LogP contribution in [0.3, 0.4) is 0 Å². The summed E-state index contributed by atoms with van der Waals surface area (Å²) < 4.78 is 37.5. The molecular weight excluding hydrogens is 455 g/mol. The van der Waals surface area contributed by atoms with Gasteiger partial charge in [-0.3, -0.25) is 9.59 Å². The predicted molar refractivity (Wildman–Crippen MR) is 116 cm³/mol. The molecule has 1 aliphatic carbocycles. The molecule has 0 bridgehead atoms. The van der Waals surface area contributed by atoms with Crippen molar-refractivity contribution in [2.45, 2.75) is 43.8 Å². The summed E-state index contributed by atoms with van der Waals surface area (Å²) in [5.74, 6) is -2.23. The second-order valence-corrected chi connectivity index (χ2v) is 8.79. The lowest BCUT2D eigenvalue weighted by Crippen LogP contribution is -2.65. The van der Waals surface area contributed by atoms with Gasteiger partial charge in [0, 0.05) is 19.6 Å². The number of allylic oxidation sites excluding steroid dienone is 1. The van der Waals surface area contributed by atoms with E-state index >= 15 is 0 Å². The molecule has 186 valence electrons. The number of para-hydroxylation sites is 1. The summed E-state index contributed by atoms with van der Waals surface area (Å²) in [5.41, 5.74) is -0.209. The highest BCUT2D eigenvalue weighted by atomic mass is 19.4. The molecule has 1 saturated carbocycles. The maximum atomic E-state index is 13.1. The minimum Gasteiger partial charge on any atom is -0.489 e. The number of hydrogen-bond acceptors (Lipinski definition) is 5. The number of halogens is 3. The van der Waals surface area contributed by atoms with Gasteiger partial charge in [0.1, 0.15) is 12.4 Å². The Morgan fingerprint density at radius 2 is 1.68 bits per heavy atom. The fourth-order valence-electron chi connectivity index (χ4n) is 4.24. The molecule has 2 amide bonds. The van der Waals surface area contributed by atoms with E-state index in [1.54, 1.807) is 6.07 Å². The molecule has 34 heavy (non-hydrogen) atoms. The van der Waals surface area contributed by atoms with Crippen LogP contribution in [-0.4, -0.2) is 60.8 Å². The normalized spacial score (nSPS) is 22.6. The van der Waals surface area contributed by atoms with Gasteiger partial charge in [0.05, 0.1) is 16.5 Å². The molecule has 0 unspecified atom stereocenters. The molecule has 1 aromatic rings. The maximum Gasteiger partial charge on any atom is 0.490 e. The first kappa shape index (κ1) is 25.5. The van der Waals surface area contributed by atoms with E-state index in [9.17, 15) is 22.8 Å². The monoisotopic (exact) mass is 483 g/mol. The summed E-state index contributed by atoms with van der Waals surface area (Å²) in [5, 5.41) is 16.7. The zero-order valence-corrected chi connectivity index (χ0v) is 18.5. The second kappa shape index (κ2) is 10.5. The van der Waals surface area contributed by atoms with Crippen molar-refractivity contribution in [2.24, 2.45) is 5.41 Å². The van der Waals surface area contributed by atoms with E-state index < -0.39 is 17.6 Å². The van der Waals surface area contributed by atoms with E-state index in [2.05, 4.69) is 16.0 Å². The molecule has 4 N–H and O–H groups in total. The Bertz CT molecular complexity index is 938. The average molecular weight is 483 g/mol. The first-order valence-corrected chi connectivity index (χ1v) is 11.1.